The highest BCUT2D eigenvalue weighted by Crippen LogP contribution is 2.28. The minimum absolute atomic E-state index is 0.1000. The molecule has 0 atom stereocenters. The van der Waals surface area contributed by atoms with Crippen LogP contribution in [-0.4, -0.2) is 37.1 Å². The largest absolute Gasteiger partial charge is 0.321 e. The van der Waals surface area contributed by atoms with Gasteiger partial charge in [0.15, 0.2) is 17.1 Å². The van der Waals surface area contributed by atoms with E-state index in [2.05, 4.69) is 15.4 Å². The summed E-state index contributed by atoms with van der Waals surface area (Å²) >= 11 is 0. The molecule has 3 heterocycles. The molecule has 0 aliphatic carbocycles. The number of nitrogens with zero attached hydrogens (tertiary/aromatic N) is 4. The van der Waals surface area contributed by atoms with Gasteiger partial charge in [0.2, 0.25) is 5.78 Å². The van der Waals surface area contributed by atoms with Crippen LogP contribution in [-0.2, 0) is 0 Å². The predicted molar refractivity (Wildman–Crippen MR) is 152 cm³/mol. The Hall–Kier alpha value is -5.50. The van der Waals surface area contributed by atoms with Crippen molar-refractivity contribution in [3.63, 3.8) is 0 Å². The topological polar surface area (TPSA) is 106 Å². The summed E-state index contributed by atoms with van der Waals surface area (Å²) in [5.74, 6) is -1.61. The number of amides is 1. The second-order valence-corrected chi connectivity index (χ2v) is 9.41. The van der Waals surface area contributed by atoms with Crippen molar-refractivity contribution < 1.29 is 14.4 Å². The third-order valence-corrected chi connectivity index (χ3v) is 6.61. The van der Waals surface area contributed by atoms with E-state index in [9.17, 15) is 14.4 Å². The molecule has 194 valence electrons. The fourth-order valence-corrected chi connectivity index (χ4v) is 4.81. The number of rotatable bonds is 6. The lowest BCUT2D eigenvalue weighted by atomic mass is 9.95. The molecule has 8 heteroatoms. The van der Waals surface area contributed by atoms with E-state index >= 15 is 0 Å². The minimum atomic E-state index is -0.609. The first-order valence-corrected chi connectivity index (χ1v) is 12.7. The van der Waals surface area contributed by atoms with Crippen LogP contribution >= 0.6 is 0 Å². The Morgan fingerprint density at radius 3 is 1.93 bits per heavy atom. The van der Waals surface area contributed by atoms with E-state index in [0.29, 0.717) is 27.8 Å². The van der Waals surface area contributed by atoms with Crippen LogP contribution < -0.4 is 5.32 Å². The van der Waals surface area contributed by atoms with E-state index in [4.69, 9.17) is 4.98 Å². The molecule has 0 aliphatic heterocycles. The van der Waals surface area contributed by atoms with Crippen LogP contribution in [0.25, 0.3) is 16.7 Å². The zero-order valence-electron chi connectivity index (χ0n) is 21.8. The van der Waals surface area contributed by atoms with Crippen LogP contribution in [0.4, 0.5) is 5.69 Å². The summed E-state index contributed by atoms with van der Waals surface area (Å²) < 4.78 is 1.33. The van der Waals surface area contributed by atoms with Crippen molar-refractivity contribution in [2.45, 2.75) is 13.8 Å². The Balaban J connectivity index is 1.72. The fourth-order valence-electron chi connectivity index (χ4n) is 4.81. The molecule has 0 fully saturated rings. The smallest absolute Gasteiger partial charge is 0.275 e. The molecule has 6 aromatic rings. The number of pyridine rings is 1. The fraction of sp³-hybridized carbons (Fsp3) is 0.0625. The predicted octanol–water partition coefficient (Wildman–Crippen LogP) is 5.61. The lowest BCUT2D eigenvalue weighted by molar-refractivity contribution is 0.0980. The highest BCUT2D eigenvalue weighted by atomic mass is 16.2. The van der Waals surface area contributed by atoms with Crippen molar-refractivity contribution in [1.82, 2.24) is 19.6 Å². The molecule has 0 radical (unpaired) electrons. The number of ketones is 2. The monoisotopic (exact) mass is 525 g/mol. The number of benzene rings is 3. The van der Waals surface area contributed by atoms with Crippen molar-refractivity contribution in [3.05, 3.63) is 136 Å². The first-order valence-electron chi connectivity index (χ1n) is 12.7. The average Bonchev–Trinajstić information content (AvgIpc) is 3.35. The summed E-state index contributed by atoms with van der Waals surface area (Å²) in [5.41, 5.74) is 3.00. The molecule has 3 aromatic heterocycles. The van der Waals surface area contributed by atoms with Gasteiger partial charge in [-0.3, -0.25) is 14.4 Å². The van der Waals surface area contributed by atoms with E-state index in [1.54, 1.807) is 84.9 Å². The van der Waals surface area contributed by atoms with E-state index in [-0.39, 0.29) is 22.6 Å². The number of carbonyl (C=O) groups is 3. The molecule has 0 aliphatic rings. The molecule has 0 unspecified atom stereocenters. The molecule has 0 saturated carbocycles. The number of hydrogen-bond donors (Lipinski definition) is 1. The zero-order chi connectivity index (χ0) is 27.8. The number of carbonyl (C=O) groups excluding carboxylic acids is 3. The van der Waals surface area contributed by atoms with Gasteiger partial charge in [-0.2, -0.15) is 0 Å². The van der Waals surface area contributed by atoms with Gasteiger partial charge in [0, 0.05) is 22.5 Å². The number of hydrogen-bond acceptors (Lipinski definition) is 6. The standard InChI is InChI=1S/C32H23N5O3/c1-19-18-20(2)33-30-24(19)31-35-26(29(39)22-14-8-4-9-15-22)25(28(38)21-12-6-3-7-13-21)27(37(31)36-30)32(40)34-23-16-10-5-11-17-23/h3-18H,1-2H3,(H,34,40). The highest BCUT2D eigenvalue weighted by Gasteiger charge is 2.32. The quantitative estimate of drug-likeness (QED) is 0.283. The zero-order valence-corrected chi connectivity index (χ0v) is 21.8. The molecule has 8 nitrogen and oxygen atoms in total. The third kappa shape index (κ3) is 4.31. The van der Waals surface area contributed by atoms with Crippen molar-refractivity contribution in [1.29, 1.82) is 0 Å². The third-order valence-electron chi connectivity index (χ3n) is 6.61. The molecule has 1 amide bonds. The maximum Gasteiger partial charge on any atom is 0.275 e. The summed E-state index contributed by atoms with van der Waals surface area (Å²) in [7, 11) is 0. The Bertz CT molecular complexity index is 1930. The Labute approximate surface area is 229 Å². The molecule has 0 saturated heterocycles. The van der Waals surface area contributed by atoms with Gasteiger partial charge in [-0.15, -0.1) is 5.10 Å². The highest BCUT2D eigenvalue weighted by molar-refractivity contribution is 6.24. The second-order valence-electron chi connectivity index (χ2n) is 9.41. The lowest BCUT2D eigenvalue weighted by Gasteiger charge is -2.15. The number of aryl methyl sites for hydroxylation is 2. The Kier molecular flexibility index (Phi) is 6.20. The van der Waals surface area contributed by atoms with Crippen LogP contribution in [0.15, 0.2) is 97.1 Å². The van der Waals surface area contributed by atoms with E-state index in [1.165, 1.54) is 4.52 Å². The SMILES string of the molecule is Cc1cc(C)c2c(n1)nn1c(C(=O)Nc3ccccc3)c(C(=O)c3ccccc3)c(C(=O)c3ccccc3)nc21. The maximum absolute atomic E-state index is 14.1. The maximum atomic E-state index is 14.1. The molecular formula is C32H23N5O3. The summed E-state index contributed by atoms with van der Waals surface area (Å²) in [4.78, 5) is 51.4. The van der Waals surface area contributed by atoms with E-state index in [0.717, 1.165) is 11.3 Å². The van der Waals surface area contributed by atoms with Crippen molar-refractivity contribution >= 4 is 39.8 Å². The summed E-state index contributed by atoms with van der Waals surface area (Å²) in [6.45, 7) is 3.74. The number of nitrogens with one attached hydrogen (secondary N) is 1. The molecule has 3 aromatic carbocycles. The Morgan fingerprint density at radius 1 is 0.725 bits per heavy atom. The van der Waals surface area contributed by atoms with Gasteiger partial charge >= 0.3 is 0 Å². The summed E-state index contributed by atoms with van der Waals surface area (Å²) in [5, 5.41) is 8.09. The van der Waals surface area contributed by atoms with Crippen molar-refractivity contribution in [2.24, 2.45) is 0 Å². The first kappa shape index (κ1) is 24.8. The van der Waals surface area contributed by atoms with Crippen molar-refractivity contribution in [3.8, 4) is 0 Å². The Morgan fingerprint density at radius 2 is 1.30 bits per heavy atom. The number of aromatic nitrogens is 4. The molecule has 6 rings (SSSR count). The van der Waals surface area contributed by atoms with Gasteiger partial charge in [0.1, 0.15) is 11.4 Å². The number of para-hydroxylation sites is 1. The average molecular weight is 526 g/mol. The van der Waals surface area contributed by atoms with Gasteiger partial charge in [0.05, 0.1) is 10.9 Å². The lowest BCUT2D eigenvalue weighted by Crippen LogP contribution is -2.26. The molecule has 0 spiro atoms. The van der Waals surface area contributed by atoms with Gasteiger partial charge < -0.3 is 5.32 Å². The van der Waals surface area contributed by atoms with Crippen LogP contribution in [0.2, 0.25) is 0 Å². The molecule has 1 N–H and O–H groups in total. The minimum Gasteiger partial charge on any atom is -0.321 e. The van der Waals surface area contributed by atoms with Gasteiger partial charge in [-0.25, -0.2) is 14.5 Å². The van der Waals surface area contributed by atoms with Crippen LogP contribution in [0.1, 0.15) is 53.7 Å². The normalized spacial score (nSPS) is 11.1. The molecule has 40 heavy (non-hydrogen) atoms. The number of fused-ring (bicyclic) bond motifs is 3. The molecule has 0 bridgehead atoms. The second kappa shape index (κ2) is 9.99. The van der Waals surface area contributed by atoms with Gasteiger partial charge in [0.25, 0.3) is 5.91 Å². The summed E-state index contributed by atoms with van der Waals surface area (Å²) in [6, 6.07) is 27.8. The first-order chi connectivity index (χ1) is 19.4. The van der Waals surface area contributed by atoms with E-state index in [1.807, 2.05) is 26.0 Å². The van der Waals surface area contributed by atoms with Gasteiger partial charge in [-0.05, 0) is 37.6 Å². The van der Waals surface area contributed by atoms with Crippen LogP contribution in [0.3, 0.4) is 0 Å². The van der Waals surface area contributed by atoms with Crippen LogP contribution in [0.5, 0.6) is 0 Å². The van der Waals surface area contributed by atoms with Crippen molar-refractivity contribution in [2.75, 3.05) is 5.32 Å². The number of anilines is 1. The van der Waals surface area contributed by atoms with E-state index < -0.39 is 17.5 Å². The summed E-state index contributed by atoms with van der Waals surface area (Å²) in [6.07, 6.45) is 0. The van der Waals surface area contributed by atoms with Gasteiger partial charge in [-0.1, -0.05) is 78.9 Å². The van der Waals surface area contributed by atoms with Crippen LogP contribution in [0, 0.1) is 13.8 Å². The molecular weight excluding hydrogens is 502 g/mol.